The molecule has 0 bridgehead atoms. The molecule has 7 rings (SSSR count). The van der Waals surface area contributed by atoms with Gasteiger partial charge in [0.1, 0.15) is 12.2 Å². The molecule has 0 spiro atoms. The van der Waals surface area contributed by atoms with Crippen LogP contribution in [0.25, 0.3) is 28.3 Å². The van der Waals surface area contributed by atoms with E-state index in [9.17, 15) is 14.4 Å². The van der Waals surface area contributed by atoms with E-state index in [2.05, 4.69) is 10.3 Å². The largest absolute Gasteiger partial charge is 0.476 e. The van der Waals surface area contributed by atoms with Crippen molar-refractivity contribution in [3.05, 3.63) is 108 Å². The molecule has 1 fully saturated rings. The average Bonchev–Trinajstić information content (AvgIpc) is 3.53. The van der Waals surface area contributed by atoms with Gasteiger partial charge in [0, 0.05) is 23.4 Å². The minimum Gasteiger partial charge on any atom is -0.476 e. The van der Waals surface area contributed by atoms with Gasteiger partial charge in [-0.2, -0.15) is 4.98 Å². The van der Waals surface area contributed by atoms with Crippen molar-refractivity contribution in [2.24, 2.45) is 0 Å². The first-order valence-corrected chi connectivity index (χ1v) is 15.8. The average molecular weight is 630 g/mol. The Kier molecular flexibility index (Phi) is 7.50. The minimum absolute atomic E-state index is 0.0916. The Balaban J connectivity index is 1.14. The van der Waals surface area contributed by atoms with Crippen LogP contribution in [0, 0.1) is 0 Å². The van der Waals surface area contributed by atoms with Crippen LogP contribution in [-0.4, -0.2) is 55.9 Å². The second kappa shape index (κ2) is 11.7. The van der Waals surface area contributed by atoms with Crippen LogP contribution in [0.15, 0.2) is 91.1 Å². The van der Waals surface area contributed by atoms with Crippen molar-refractivity contribution in [2.75, 3.05) is 13.2 Å². The van der Waals surface area contributed by atoms with Crippen LogP contribution in [0.1, 0.15) is 66.3 Å². The van der Waals surface area contributed by atoms with Crippen molar-refractivity contribution >= 4 is 23.7 Å². The Morgan fingerprint density at radius 3 is 2.13 bits per heavy atom. The van der Waals surface area contributed by atoms with Crippen LogP contribution in [0.3, 0.4) is 0 Å². The molecular weight excluding hydrogens is 594 g/mol. The number of hydrogen-bond acceptors (Lipinski definition) is 7. The Morgan fingerprint density at radius 2 is 1.51 bits per heavy atom. The molecule has 3 aromatic carbocycles. The van der Waals surface area contributed by atoms with E-state index >= 15 is 0 Å². The quantitative estimate of drug-likeness (QED) is 0.191. The summed E-state index contributed by atoms with van der Waals surface area (Å²) in [7, 11) is 0. The van der Waals surface area contributed by atoms with Crippen LogP contribution in [-0.2, 0) is 10.3 Å². The standard InChI is InChI=1S/C37H35N5O5/c1-36(2,3)47-35(45)40-37(19-9-20-37)26-16-14-24(15-17-26)30-31(25-10-5-4-6-11-25)41-21-18-29(38-34(41)39-30)46-23-22-42-32(43)27-12-7-8-13-28(27)33(42)44/h4-8,10-18,21H,9,19-20,22-23H2,1-3H3,(H,40,45). The second-order valence-electron chi connectivity index (χ2n) is 12.9. The van der Waals surface area contributed by atoms with Gasteiger partial charge in [-0.05, 0) is 57.7 Å². The Morgan fingerprint density at radius 1 is 0.851 bits per heavy atom. The number of nitrogens with one attached hydrogen (secondary N) is 1. The van der Waals surface area contributed by atoms with Crippen molar-refractivity contribution < 1.29 is 23.9 Å². The summed E-state index contributed by atoms with van der Waals surface area (Å²) < 4.78 is 13.4. The van der Waals surface area contributed by atoms with E-state index in [-0.39, 0.29) is 25.0 Å². The van der Waals surface area contributed by atoms with E-state index in [1.165, 1.54) is 4.90 Å². The van der Waals surface area contributed by atoms with E-state index in [0.29, 0.717) is 22.8 Å². The third-order valence-electron chi connectivity index (χ3n) is 8.62. The first-order chi connectivity index (χ1) is 22.6. The third-order valence-corrected chi connectivity index (χ3v) is 8.62. The molecule has 1 aliphatic heterocycles. The maximum atomic E-state index is 12.7. The molecule has 0 atom stereocenters. The summed E-state index contributed by atoms with van der Waals surface area (Å²) in [5.74, 6) is 0.139. The van der Waals surface area contributed by atoms with Crippen molar-refractivity contribution in [3.63, 3.8) is 0 Å². The molecule has 1 N–H and O–H groups in total. The summed E-state index contributed by atoms with van der Waals surface area (Å²) in [4.78, 5) is 48.9. The van der Waals surface area contributed by atoms with Gasteiger partial charge in [-0.15, -0.1) is 0 Å². The molecule has 0 radical (unpaired) electrons. The number of carbonyl (C=O) groups excluding carboxylic acids is 3. The van der Waals surface area contributed by atoms with Gasteiger partial charge in [-0.1, -0.05) is 66.7 Å². The van der Waals surface area contributed by atoms with Gasteiger partial charge in [0.05, 0.1) is 34.6 Å². The zero-order valence-corrected chi connectivity index (χ0v) is 26.5. The van der Waals surface area contributed by atoms with Crippen molar-refractivity contribution in [1.29, 1.82) is 0 Å². The molecule has 1 saturated carbocycles. The van der Waals surface area contributed by atoms with Crippen LogP contribution in [0.4, 0.5) is 4.79 Å². The number of ether oxygens (including phenoxy) is 2. The van der Waals surface area contributed by atoms with Gasteiger partial charge >= 0.3 is 6.09 Å². The van der Waals surface area contributed by atoms with Crippen LogP contribution >= 0.6 is 0 Å². The molecule has 5 aromatic rings. The lowest BCUT2D eigenvalue weighted by molar-refractivity contribution is 0.0377. The zero-order chi connectivity index (χ0) is 32.8. The fraction of sp³-hybridized carbons (Fsp3) is 0.270. The van der Waals surface area contributed by atoms with Crippen molar-refractivity contribution in [1.82, 2.24) is 24.6 Å². The molecule has 238 valence electrons. The van der Waals surface area contributed by atoms with Gasteiger partial charge in [0.2, 0.25) is 11.7 Å². The van der Waals surface area contributed by atoms with E-state index in [4.69, 9.17) is 14.5 Å². The molecule has 2 aromatic heterocycles. The third kappa shape index (κ3) is 5.71. The topological polar surface area (TPSA) is 115 Å². The fourth-order valence-electron chi connectivity index (χ4n) is 6.21. The summed E-state index contributed by atoms with van der Waals surface area (Å²) in [5.41, 5.74) is 4.31. The van der Waals surface area contributed by atoms with Gasteiger partial charge < -0.3 is 14.8 Å². The van der Waals surface area contributed by atoms with Gasteiger partial charge in [0.15, 0.2) is 0 Å². The monoisotopic (exact) mass is 629 g/mol. The van der Waals surface area contributed by atoms with Gasteiger partial charge in [-0.3, -0.25) is 18.9 Å². The van der Waals surface area contributed by atoms with Crippen LogP contribution in [0.2, 0.25) is 0 Å². The Bertz CT molecular complexity index is 1960. The number of imidazole rings is 1. The smallest absolute Gasteiger partial charge is 0.408 e. The highest BCUT2D eigenvalue weighted by molar-refractivity contribution is 6.21. The number of fused-ring (bicyclic) bond motifs is 2. The van der Waals surface area contributed by atoms with Crippen molar-refractivity contribution in [2.45, 2.75) is 51.2 Å². The van der Waals surface area contributed by atoms with Crippen LogP contribution in [0.5, 0.6) is 5.88 Å². The summed E-state index contributed by atoms with van der Waals surface area (Å²) in [5, 5.41) is 3.13. The van der Waals surface area contributed by atoms with Gasteiger partial charge in [-0.25, -0.2) is 9.78 Å². The maximum Gasteiger partial charge on any atom is 0.408 e. The first-order valence-electron chi connectivity index (χ1n) is 15.8. The number of carbonyl (C=O) groups is 3. The number of nitrogens with zero attached hydrogens (tertiary/aromatic N) is 4. The van der Waals surface area contributed by atoms with E-state index in [1.807, 2.05) is 86.0 Å². The Labute approximate surface area is 272 Å². The molecule has 2 aliphatic rings. The highest BCUT2D eigenvalue weighted by Gasteiger charge is 2.41. The highest BCUT2D eigenvalue weighted by atomic mass is 16.6. The molecule has 0 unspecified atom stereocenters. The zero-order valence-electron chi connectivity index (χ0n) is 26.5. The Hall–Kier alpha value is -5.51. The van der Waals surface area contributed by atoms with E-state index in [0.717, 1.165) is 47.3 Å². The first kappa shape index (κ1) is 30.2. The predicted octanol–water partition coefficient (Wildman–Crippen LogP) is 6.64. The molecule has 0 saturated heterocycles. The number of hydrogen-bond donors (Lipinski definition) is 1. The number of aromatic nitrogens is 3. The van der Waals surface area contributed by atoms with Crippen LogP contribution < -0.4 is 10.1 Å². The number of alkyl carbamates (subject to hydrolysis) is 1. The molecule has 10 nitrogen and oxygen atoms in total. The molecule has 3 heterocycles. The molecule has 3 amide bonds. The number of benzene rings is 3. The molecule has 1 aliphatic carbocycles. The summed E-state index contributed by atoms with van der Waals surface area (Å²) in [6.45, 7) is 5.77. The lowest BCUT2D eigenvalue weighted by atomic mass is 9.71. The van der Waals surface area contributed by atoms with Gasteiger partial charge in [0.25, 0.3) is 11.8 Å². The number of rotatable bonds is 8. The lowest BCUT2D eigenvalue weighted by Crippen LogP contribution is -2.52. The van der Waals surface area contributed by atoms with Crippen molar-refractivity contribution in [3.8, 4) is 28.4 Å². The maximum absolute atomic E-state index is 12.7. The summed E-state index contributed by atoms with van der Waals surface area (Å²) in [6.07, 6.45) is 4.15. The molecular formula is C37H35N5O5. The fourth-order valence-corrected chi connectivity index (χ4v) is 6.21. The summed E-state index contributed by atoms with van der Waals surface area (Å²) >= 11 is 0. The number of imide groups is 1. The van der Waals surface area contributed by atoms with E-state index in [1.54, 1.807) is 30.3 Å². The lowest BCUT2D eigenvalue weighted by Gasteiger charge is -2.43. The molecule has 47 heavy (non-hydrogen) atoms. The number of amides is 3. The molecule has 10 heteroatoms. The SMILES string of the molecule is CC(C)(C)OC(=O)NC1(c2ccc(-c3nc4nc(OCCN5C(=O)c6ccccc6C5=O)ccn4c3-c3ccccc3)cc2)CCC1. The van der Waals surface area contributed by atoms with E-state index < -0.39 is 17.2 Å². The normalized spacial score (nSPS) is 15.3. The minimum atomic E-state index is -0.576. The summed E-state index contributed by atoms with van der Waals surface area (Å²) in [6, 6.07) is 26.7. The predicted molar refractivity (Wildman–Crippen MR) is 176 cm³/mol. The highest BCUT2D eigenvalue weighted by Crippen LogP contribution is 2.42. The second-order valence-corrected chi connectivity index (χ2v) is 12.9.